The summed E-state index contributed by atoms with van der Waals surface area (Å²) in [7, 11) is -0.127. The number of hydrogen-bond acceptors (Lipinski definition) is 6. The number of nitrogens with one attached hydrogen (secondary N) is 1. The predicted molar refractivity (Wildman–Crippen MR) is 98.6 cm³/mol. The van der Waals surface area contributed by atoms with Gasteiger partial charge in [0, 0.05) is 46.4 Å². The molecule has 0 fully saturated rings. The molecule has 3 aromatic rings. The van der Waals surface area contributed by atoms with Crippen molar-refractivity contribution in [1.82, 2.24) is 15.5 Å². The SMILES string of the molecule is CCc1nc(CNC(=O)c2ccc3sc(CPO)c(Br)c3c2)no1. The predicted octanol–water partition coefficient (Wildman–Crippen LogP) is 3.63. The Labute approximate surface area is 152 Å². The summed E-state index contributed by atoms with van der Waals surface area (Å²) < 4.78 is 7.04. The third-order valence-corrected chi connectivity index (χ3v) is 6.52. The van der Waals surface area contributed by atoms with Gasteiger partial charge in [0.1, 0.15) is 0 Å². The summed E-state index contributed by atoms with van der Waals surface area (Å²) in [6.45, 7) is 2.15. The van der Waals surface area contributed by atoms with Crippen molar-refractivity contribution in [3.05, 3.63) is 44.8 Å². The van der Waals surface area contributed by atoms with Crippen LogP contribution in [0.15, 0.2) is 27.2 Å². The summed E-state index contributed by atoms with van der Waals surface area (Å²) >= 11 is 5.18. The van der Waals surface area contributed by atoms with Crippen LogP contribution in [0, 0.1) is 0 Å². The van der Waals surface area contributed by atoms with E-state index >= 15 is 0 Å². The quantitative estimate of drug-likeness (QED) is 0.586. The van der Waals surface area contributed by atoms with Crippen LogP contribution in [0.3, 0.4) is 0 Å². The summed E-state index contributed by atoms with van der Waals surface area (Å²) in [5.74, 6) is 0.827. The average molecular weight is 428 g/mol. The van der Waals surface area contributed by atoms with Crippen molar-refractivity contribution in [2.45, 2.75) is 26.1 Å². The van der Waals surface area contributed by atoms with Crippen LogP contribution in [-0.4, -0.2) is 20.9 Å². The molecule has 0 bridgehead atoms. The standard InChI is InChI=1S/C15H15BrN3O3PS/c1-2-13-18-12(19-22-13)6-17-15(20)8-3-4-10-9(5-8)14(16)11(24-10)7-23-21/h3-5,21,23H,2,6-7H2,1H3,(H,17,20). The molecular formula is C15H15BrN3O3PS. The smallest absolute Gasteiger partial charge is 0.251 e. The highest BCUT2D eigenvalue weighted by molar-refractivity contribution is 9.10. The number of aromatic nitrogens is 2. The van der Waals surface area contributed by atoms with E-state index in [9.17, 15) is 4.79 Å². The minimum absolute atomic E-state index is 0.127. The van der Waals surface area contributed by atoms with Crippen LogP contribution < -0.4 is 5.32 Å². The van der Waals surface area contributed by atoms with E-state index in [1.54, 1.807) is 17.4 Å². The van der Waals surface area contributed by atoms with E-state index in [0.717, 1.165) is 19.4 Å². The number of fused-ring (bicyclic) bond motifs is 1. The molecule has 9 heteroatoms. The molecule has 0 saturated heterocycles. The molecule has 0 aliphatic carbocycles. The van der Waals surface area contributed by atoms with Crippen LogP contribution in [0.25, 0.3) is 10.1 Å². The first-order chi connectivity index (χ1) is 11.6. The molecule has 0 spiro atoms. The Morgan fingerprint density at radius 1 is 1.50 bits per heavy atom. The van der Waals surface area contributed by atoms with Gasteiger partial charge in [-0.15, -0.1) is 11.3 Å². The average Bonchev–Trinajstić information content (AvgIpc) is 3.18. The van der Waals surface area contributed by atoms with Gasteiger partial charge in [0.25, 0.3) is 5.91 Å². The molecule has 0 aliphatic heterocycles. The zero-order valence-corrected chi connectivity index (χ0v) is 16.2. The number of thiophene rings is 1. The fourth-order valence-electron chi connectivity index (χ4n) is 2.21. The number of halogens is 1. The molecule has 1 amide bonds. The molecule has 0 saturated carbocycles. The monoisotopic (exact) mass is 427 g/mol. The molecule has 24 heavy (non-hydrogen) atoms. The zero-order chi connectivity index (χ0) is 17.1. The van der Waals surface area contributed by atoms with E-state index in [1.807, 2.05) is 19.1 Å². The lowest BCUT2D eigenvalue weighted by molar-refractivity contribution is 0.0950. The Kier molecular flexibility index (Phi) is 5.61. The summed E-state index contributed by atoms with van der Waals surface area (Å²) in [6, 6.07) is 5.56. The number of benzene rings is 1. The Balaban J connectivity index is 1.75. The van der Waals surface area contributed by atoms with Crippen LogP contribution in [0.5, 0.6) is 0 Å². The number of amides is 1. The minimum atomic E-state index is -0.191. The number of carbonyl (C=O) groups is 1. The number of nitrogens with zero attached hydrogens (tertiary/aromatic N) is 2. The van der Waals surface area contributed by atoms with Crippen LogP contribution in [0.2, 0.25) is 0 Å². The van der Waals surface area contributed by atoms with Crippen molar-refractivity contribution in [1.29, 1.82) is 0 Å². The van der Waals surface area contributed by atoms with E-state index in [2.05, 4.69) is 31.4 Å². The maximum absolute atomic E-state index is 12.3. The molecule has 2 N–H and O–H groups in total. The van der Waals surface area contributed by atoms with Crippen molar-refractivity contribution >= 4 is 52.1 Å². The molecule has 2 aromatic heterocycles. The second-order valence-corrected chi connectivity index (χ2v) is 7.63. The summed E-state index contributed by atoms with van der Waals surface area (Å²) in [6.07, 6.45) is 1.29. The van der Waals surface area contributed by atoms with Gasteiger partial charge < -0.3 is 14.7 Å². The Bertz CT molecular complexity index is 880. The van der Waals surface area contributed by atoms with Gasteiger partial charge in [-0.2, -0.15) is 4.98 Å². The van der Waals surface area contributed by atoms with Crippen LogP contribution in [-0.2, 0) is 19.1 Å². The summed E-state index contributed by atoms with van der Waals surface area (Å²) in [5, 5.41) is 7.59. The van der Waals surface area contributed by atoms with Crippen LogP contribution >= 0.6 is 36.1 Å². The highest BCUT2D eigenvalue weighted by atomic mass is 79.9. The van der Waals surface area contributed by atoms with Gasteiger partial charge in [-0.1, -0.05) is 12.1 Å². The molecule has 1 atom stereocenters. The van der Waals surface area contributed by atoms with Gasteiger partial charge in [0.15, 0.2) is 5.82 Å². The van der Waals surface area contributed by atoms with Gasteiger partial charge >= 0.3 is 0 Å². The Morgan fingerprint density at radius 2 is 2.33 bits per heavy atom. The first kappa shape index (κ1) is 17.5. The van der Waals surface area contributed by atoms with E-state index in [0.29, 0.717) is 29.9 Å². The fraction of sp³-hybridized carbons (Fsp3) is 0.267. The Hall–Kier alpha value is -1.34. The van der Waals surface area contributed by atoms with Crippen molar-refractivity contribution in [2.24, 2.45) is 0 Å². The van der Waals surface area contributed by atoms with Crippen molar-refractivity contribution in [3.63, 3.8) is 0 Å². The lowest BCUT2D eigenvalue weighted by atomic mass is 10.1. The second kappa shape index (κ2) is 7.70. The second-order valence-electron chi connectivity index (χ2n) is 5.03. The van der Waals surface area contributed by atoms with Gasteiger partial charge in [-0.3, -0.25) is 4.79 Å². The normalized spacial score (nSPS) is 11.6. The molecule has 0 radical (unpaired) electrons. The van der Waals surface area contributed by atoms with Crippen LogP contribution in [0.1, 0.15) is 33.9 Å². The minimum Gasteiger partial charge on any atom is -0.377 e. The van der Waals surface area contributed by atoms with E-state index < -0.39 is 0 Å². The maximum atomic E-state index is 12.3. The highest BCUT2D eigenvalue weighted by Gasteiger charge is 2.13. The summed E-state index contributed by atoms with van der Waals surface area (Å²) in [4.78, 5) is 26.7. The number of aryl methyl sites for hydroxylation is 1. The van der Waals surface area contributed by atoms with Crippen LogP contribution in [0.4, 0.5) is 0 Å². The third kappa shape index (κ3) is 3.67. The van der Waals surface area contributed by atoms with Crippen molar-refractivity contribution in [2.75, 3.05) is 0 Å². The molecule has 1 unspecified atom stereocenters. The molecular weight excluding hydrogens is 413 g/mol. The van der Waals surface area contributed by atoms with Crippen molar-refractivity contribution < 1.29 is 14.2 Å². The largest absolute Gasteiger partial charge is 0.377 e. The zero-order valence-electron chi connectivity index (χ0n) is 12.8. The van der Waals surface area contributed by atoms with E-state index in [4.69, 9.17) is 9.42 Å². The van der Waals surface area contributed by atoms with Crippen molar-refractivity contribution in [3.8, 4) is 0 Å². The number of carbonyl (C=O) groups excluding carboxylic acids is 1. The highest BCUT2D eigenvalue weighted by Crippen LogP contribution is 2.38. The topological polar surface area (TPSA) is 88.2 Å². The first-order valence-corrected chi connectivity index (χ1v) is 10.1. The molecule has 6 nitrogen and oxygen atoms in total. The molecule has 126 valence electrons. The molecule has 1 aromatic carbocycles. The lowest BCUT2D eigenvalue weighted by Crippen LogP contribution is -2.23. The lowest BCUT2D eigenvalue weighted by Gasteiger charge is -2.03. The maximum Gasteiger partial charge on any atom is 0.251 e. The van der Waals surface area contributed by atoms with Gasteiger partial charge in [0.2, 0.25) is 5.89 Å². The van der Waals surface area contributed by atoms with Gasteiger partial charge in [0.05, 0.1) is 6.54 Å². The van der Waals surface area contributed by atoms with Gasteiger partial charge in [-0.25, -0.2) is 0 Å². The summed E-state index contributed by atoms with van der Waals surface area (Å²) in [5.41, 5.74) is 0.568. The van der Waals surface area contributed by atoms with Gasteiger partial charge in [-0.05, 0) is 34.1 Å². The fourth-order valence-corrected chi connectivity index (χ4v) is 4.99. The molecule has 3 rings (SSSR count). The Morgan fingerprint density at radius 3 is 3.04 bits per heavy atom. The van der Waals surface area contributed by atoms with E-state index in [1.165, 1.54) is 0 Å². The number of hydrogen-bond donors (Lipinski definition) is 2. The molecule has 0 aliphatic rings. The van der Waals surface area contributed by atoms with E-state index in [-0.39, 0.29) is 21.3 Å². The number of rotatable bonds is 6. The first-order valence-electron chi connectivity index (χ1n) is 7.30. The third-order valence-electron chi connectivity index (χ3n) is 3.42. The molecule has 2 heterocycles.